The molecule has 0 fully saturated rings. The van der Waals surface area contributed by atoms with Gasteiger partial charge in [-0.25, -0.2) is 4.57 Å². The number of nitrogens with two attached hydrogens (primary N) is 1. The second kappa shape index (κ2) is 4.78. The largest absolute Gasteiger partial charge is 0.399 e. The van der Waals surface area contributed by atoms with Crippen molar-refractivity contribution >= 4 is 11.5 Å². The normalized spacial score (nSPS) is 10.2. The molecule has 2 N–H and O–H groups in total. The molecule has 3 nitrogen and oxygen atoms in total. The number of benzene rings is 1. The molecule has 0 saturated carbocycles. The molecule has 17 heavy (non-hydrogen) atoms. The molecule has 1 heterocycles. The summed E-state index contributed by atoms with van der Waals surface area (Å²) in [4.78, 5) is 11.3. The van der Waals surface area contributed by atoms with E-state index in [1.807, 2.05) is 53.4 Å². The molecule has 0 atom stereocenters. The lowest BCUT2D eigenvalue weighted by atomic mass is 10.2. The third kappa shape index (κ3) is 2.91. The molecule has 0 aliphatic carbocycles. The van der Waals surface area contributed by atoms with E-state index < -0.39 is 0 Å². The highest BCUT2D eigenvalue weighted by Crippen LogP contribution is 2.05. The highest BCUT2D eigenvalue weighted by molar-refractivity contribution is 5.93. The Hall–Kier alpha value is -2.16. The molecule has 3 heteroatoms. The highest BCUT2D eigenvalue weighted by Gasteiger charge is 2.06. The number of carbonyl (C=O) groups excluding carboxylic acids is 1. The van der Waals surface area contributed by atoms with Crippen LogP contribution in [0.2, 0.25) is 0 Å². The van der Waals surface area contributed by atoms with Gasteiger partial charge in [-0.3, -0.25) is 4.79 Å². The van der Waals surface area contributed by atoms with Crippen molar-refractivity contribution < 1.29 is 9.36 Å². The molecule has 0 bridgehead atoms. The van der Waals surface area contributed by atoms with E-state index in [2.05, 4.69) is 0 Å². The molecule has 0 aliphatic heterocycles. The van der Waals surface area contributed by atoms with E-state index in [0.717, 1.165) is 23.4 Å². The number of hydrogen-bond acceptors (Lipinski definition) is 2. The fraction of sp³-hybridized carbons (Fsp3) is 0.143. The SMILES string of the molecule is CC(=O)c1ccc[n+](Cc2ccc(N)cc2)c1. The zero-order valence-electron chi connectivity index (χ0n) is 9.76. The molecule has 0 aliphatic rings. The van der Waals surface area contributed by atoms with Gasteiger partial charge in [0.05, 0.1) is 5.56 Å². The van der Waals surface area contributed by atoms with Gasteiger partial charge in [0.1, 0.15) is 0 Å². The van der Waals surface area contributed by atoms with Crippen molar-refractivity contribution in [3.8, 4) is 0 Å². The number of pyridine rings is 1. The van der Waals surface area contributed by atoms with E-state index in [9.17, 15) is 4.79 Å². The van der Waals surface area contributed by atoms with Crippen molar-refractivity contribution in [2.75, 3.05) is 5.73 Å². The zero-order valence-corrected chi connectivity index (χ0v) is 9.76. The first kappa shape index (κ1) is 11.3. The van der Waals surface area contributed by atoms with Gasteiger partial charge in [-0.05, 0) is 25.1 Å². The van der Waals surface area contributed by atoms with Crippen molar-refractivity contribution in [3.63, 3.8) is 0 Å². The Morgan fingerprint density at radius 2 is 1.94 bits per heavy atom. The van der Waals surface area contributed by atoms with Crippen LogP contribution in [0.15, 0.2) is 48.8 Å². The van der Waals surface area contributed by atoms with E-state index in [1.165, 1.54) is 0 Å². The Balaban J connectivity index is 2.21. The summed E-state index contributed by atoms with van der Waals surface area (Å²) in [7, 11) is 0. The predicted molar refractivity (Wildman–Crippen MR) is 66.6 cm³/mol. The summed E-state index contributed by atoms with van der Waals surface area (Å²) in [5.74, 6) is 0.0802. The average molecular weight is 227 g/mol. The Labute approximate surface area is 101 Å². The number of hydrogen-bond donors (Lipinski definition) is 1. The summed E-state index contributed by atoms with van der Waals surface area (Å²) in [6.45, 7) is 2.31. The molecular weight excluding hydrogens is 212 g/mol. The van der Waals surface area contributed by atoms with Crippen molar-refractivity contribution in [3.05, 3.63) is 59.9 Å². The monoisotopic (exact) mass is 227 g/mol. The van der Waals surface area contributed by atoms with Crippen molar-refractivity contribution in [1.82, 2.24) is 0 Å². The lowest BCUT2D eigenvalue weighted by molar-refractivity contribution is -0.688. The van der Waals surface area contributed by atoms with E-state index in [-0.39, 0.29) is 5.78 Å². The van der Waals surface area contributed by atoms with Crippen molar-refractivity contribution in [2.45, 2.75) is 13.5 Å². The molecule has 0 radical (unpaired) electrons. The van der Waals surface area contributed by atoms with Gasteiger partial charge in [-0.1, -0.05) is 12.1 Å². The van der Waals surface area contributed by atoms with Crippen LogP contribution >= 0.6 is 0 Å². The van der Waals surface area contributed by atoms with Crippen LogP contribution in [0.4, 0.5) is 5.69 Å². The summed E-state index contributed by atoms with van der Waals surface area (Å²) in [5, 5.41) is 0. The average Bonchev–Trinajstić information content (AvgIpc) is 2.32. The summed E-state index contributed by atoms with van der Waals surface area (Å²) in [6, 6.07) is 11.4. The van der Waals surface area contributed by atoms with Crippen LogP contribution in [0.25, 0.3) is 0 Å². The first-order valence-electron chi connectivity index (χ1n) is 5.49. The van der Waals surface area contributed by atoms with Crippen molar-refractivity contribution in [1.29, 1.82) is 0 Å². The van der Waals surface area contributed by atoms with Gasteiger partial charge in [0.2, 0.25) is 0 Å². The molecular formula is C14H15N2O+. The quantitative estimate of drug-likeness (QED) is 0.494. The molecule has 2 rings (SSSR count). The molecule has 1 aromatic carbocycles. The topological polar surface area (TPSA) is 47.0 Å². The number of nitrogens with zero attached hydrogens (tertiary/aromatic N) is 1. The number of ketones is 1. The number of nitrogen functional groups attached to an aromatic ring is 1. The number of rotatable bonds is 3. The third-order valence-corrected chi connectivity index (χ3v) is 2.61. The van der Waals surface area contributed by atoms with Gasteiger partial charge >= 0.3 is 0 Å². The Kier molecular flexibility index (Phi) is 3.19. The molecule has 0 spiro atoms. The zero-order chi connectivity index (χ0) is 12.3. The minimum absolute atomic E-state index is 0.0802. The van der Waals surface area contributed by atoms with E-state index in [0.29, 0.717) is 0 Å². The third-order valence-electron chi connectivity index (χ3n) is 2.61. The van der Waals surface area contributed by atoms with E-state index in [1.54, 1.807) is 6.92 Å². The number of anilines is 1. The fourth-order valence-electron chi connectivity index (χ4n) is 1.66. The van der Waals surface area contributed by atoms with Crippen LogP contribution in [0, 0.1) is 0 Å². The van der Waals surface area contributed by atoms with Crippen LogP contribution in [0.5, 0.6) is 0 Å². The van der Waals surface area contributed by atoms with Gasteiger partial charge in [0, 0.05) is 17.3 Å². The molecule has 86 valence electrons. The second-order valence-electron chi connectivity index (χ2n) is 4.06. The first-order chi connectivity index (χ1) is 8.15. The van der Waals surface area contributed by atoms with Crippen LogP contribution in [-0.2, 0) is 6.54 Å². The summed E-state index contributed by atoms with van der Waals surface area (Å²) < 4.78 is 1.99. The van der Waals surface area contributed by atoms with Gasteiger partial charge in [0.15, 0.2) is 24.7 Å². The first-order valence-corrected chi connectivity index (χ1v) is 5.49. The summed E-state index contributed by atoms with van der Waals surface area (Å²) in [5.41, 5.74) is 8.28. The maximum Gasteiger partial charge on any atom is 0.179 e. The second-order valence-corrected chi connectivity index (χ2v) is 4.06. The van der Waals surface area contributed by atoms with E-state index >= 15 is 0 Å². The van der Waals surface area contributed by atoms with E-state index in [4.69, 9.17) is 5.73 Å². The Morgan fingerprint density at radius 1 is 1.24 bits per heavy atom. The van der Waals surface area contributed by atoms with Crippen molar-refractivity contribution in [2.24, 2.45) is 0 Å². The minimum atomic E-state index is 0.0802. The van der Waals surface area contributed by atoms with Crippen LogP contribution < -0.4 is 10.3 Å². The number of Topliss-reactive ketones (excluding diaryl/α,β-unsaturated/α-hetero) is 1. The van der Waals surface area contributed by atoms with Crippen LogP contribution in [-0.4, -0.2) is 5.78 Å². The van der Waals surface area contributed by atoms with Crippen LogP contribution in [0.1, 0.15) is 22.8 Å². The maximum absolute atomic E-state index is 11.3. The maximum atomic E-state index is 11.3. The lowest BCUT2D eigenvalue weighted by Gasteiger charge is -2.00. The molecule has 0 unspecified atom stereocenters. The standard InChI is InChI=1S/C14H15N2O/c1-11(17)13-3-2-8-16(10-13)9-12-4-6-14(15)7-5-12/h2-8,10H,9,15H2,1H3/q+1. The van der Waals surface area contributed by atoms with Gasteiger partial charge in [0.25, 0.3) is 0 Å². The summed E-state index contributed by atoms with van der Waals surface area (Å²) >= 11 is 0. The predicted octanol–water partition coefficient (Wildman–Crippen LogP) is 1.81. The Bertz CT molecular complexity index is 532. The molecule has 1 aromatic heterocycles. The van der Waals surface area contributed by atoms with Gasteiger partial charge in [-0.2, -0.15) is 0 Å². The highest BCUT2D eigenvalue weighted by atomic mass is 16.1. The molecule has 0 saturated heterocycles. The minimum Gasteiger partial charge on any atom is -0.399 e. The smallest absolute Gasteiger partial charge is 0.179 e. The summed E-state index contributed by atoms with van der Waals surface area (Å²) in [6.07, 6.45) is 3.81. The number of carbonyl (C=O) groups is 1. The Morgan fingerprint density at radius 3 is 2.59 bits per heavy atom. The van der Waals surface area contributed by atoms with Gasteiger partial charge in [-0.15, -0.1) is 0 Å². The molecule has 0 amide bonds. The number of aromatic nitrogens is 1. The fourth-order valence-corrected chi connectivity index (χ4v) is 1.66. The molecule has 2 aromatic rings. The lowest BCUT2D eigenvalue weighted by Crippen LogP contribution is -2.34. The van der Waals surface area contributed by atoms with Crippen LogP contribution in [0.3, 0.4) is 0 Å². The van der Waals surface area contributed by atoms with Gasteiger partial charge < -0.3 is 5.73 Å².